The summed E-state index contributed by atoms with van der Waals surface area (Å²) in [5, 5.41) is 4.20. The summed E-state index contributed by atoms with van der Waals surface area (Å²) in [5.41, 5.74) is 0. The van der Waals surface area contributed by atoms with Gasteiger partial charge in [0.2, 0.25) is 0 Å². The molecule has 1 N–H and O–H groups in total. The van der Waals surface area contributed by atoms with Gasteiger partial charge in [0.1, 0.15) is 5.75 Å². The van der Waals surface area contributed by atoms with Crippen LogP contribution in [0, 0.1) is 0 Å². The van der Waals surface area contributed by atoms with Gasteiger partial charge in [-0.25, -0.2) is 0 Å². The van der Waals surface area contributed by atoms with E-state index in [0.29, 0.717) is 22.3 Å². The summed E-state index contributed by atoms with van der Waals surface area (Å²) in [7, 11) is 0. The van der Waals surface area contributed by atoms with Gasteiger partial charge in [-0.2, -0.15) is 0 Å². The predicted molar refractivity (Wildman–Crippen MR) is 87.8 cm³/mol. The second-order valence-electron chi connectivity index (χ2n) is 4.92. The number of halogens is 3. The number of piperazine rings is 1. The average Bonchev–Trinajstić information content (AvgIpc) is 2.41. The molecule has 1 aromatic carbocycles. The molecule has 0 radical (unpaired) electrons. The number of nitrogens with zero attached hydrogens (tertiary/aromatic N) is 1. The highest BCUT2D eigenvalue weighted by atomic mass is 35.5. The molecule has 1 fully saturated rings. The summed E-state index contributed by atoms with van der Waals surface area (Å²) >= 11 is 11.9. The summed E-state index contributed by atoms with van der Waals surface area (Å²) in [5.74, 6) is 0.449. The molecule has 0 aromatic heterocycles. The van der Waals surface area contributed by atoms with Gasteiger partial charge in [-0.15, -0.1) is 12.4 Å². The maximum atomic E-state index is 12.4. The third-order valence-electron chi connectivity index (χ3n) is 3.33. The van der Waals surface area contributed by atoms with Gasteiger partial charge >= 0.3 is 0 Å². The van der Waals surface area contributed by atoms with Crippen molar-refractivity contribution in [3.8, 4) is 5.75 Å². The summed E-state index contributed by atoms with van der Waals surface area (Å²) in [6.45, 7) is 6.07. The fourth-order valence-electron chi connectivity index (χ4n) is 2.21. The molecule has 1 aromatic rings. The number of ether oxygens (including phenoxy) is 1. The van der Waals surface area contributed by atoms with E-state index in [2.05, 4.69) is 5.32 Å². The Kier molecular flexibility index (Phi) is 7.07. The summed E-state index contributed by atoms with van der Waals surface area (Å²) < 4.78 is 5.66. The van der Waals surface area contributed by atoms with Crippen LogP contribution < -0.4 is 10.1 Å². The number of hydrogen-bond donors (Lipinski definition) is 1. The molecule has 21 heavy (non-hydrogen) atoms. The molecule has 7 heteroatoms. The zero-order chi connectivity index (χ0) is 14.7. The molecular formula is C14H19Cl3N2O2. The van der Waals surface area contributed by atoms with Crippen LogP contribution in [0.4, 0.5) is 0 Å². The number of carbonyl (C=O) groups is 1. The first-order valence-electron chi connectivity index (χ1n) is 6.62. The van der Waals surface area contributed by atoms with Gasteiger partial charge in [0.05, 0.1) is 5.02 Å². The third-order valence-corrected chi connectivity index (χ3v) is 3.86. The van der Waals surface area contributed by atoms with Gasteiger partial charge in [0, 0.05) is 30.7 Å². The Morgan fingerprint density at radius 3 is 2.81 bits per heavy atom. The first-order valence-corrected chi connectivity index (χ1v) is 7.37. The molecule has 1 aliphatic rings. The number of carbonyl (C=O) groups excluding carboxylic acids is 1. The molecule has 2 unspecified atom stereocenters. The molecule has 1 heterocycles. The maximum absolute atomic E-state index is 12.4. The standard InChI is InChI=1S/C14H18Cl2N2O2.ClH/c1-9-8-17-5-6-18(9)14(19)10(2)20-13-4-3-11(15)7-12(13)16;/h3-4,7,9-10,17H,5-6,8H2,1-2H3;1H. The number of nitrogens with one attached hydrogen (secondary N) is 1. The van der Waals surface area contributed by atoms with E-state index in [1.54, 1.807) is 25.1 Å². The highest BCUT2D eigenvalue weighted by Crippen LogP contribution is 2.28. The van der Waals surface area contributed by atoms with Crippen LogP contribution in [0.15, 0.2) is 18.2 Å². The van der Waals surface area contributed by atoms with Gasteiger partial charge in [-0.3, -0.25) is 4.79 Å². The smallest absolute Gasteiger partial charge is 0.263 e. The normalized spacial score (nSPS) is 19.6. The molecule has 2 atom stereocenters. The van der Waals surface area contributed by atoms with Gasteiger partial charge in [-0.05, 0) is 32.0 Å². The first kappa shape index (κ1) is 18.4. The number of amides is 1. The lowest BCUT2D eigenvalue weighted by molar-refractivity contribution is -0.140. The minimum absolute atomic E-state index is 0. The van der Waals surface area contributed by atoms with Crippen LogP contribution in [0.25, 0.3) is 0 Å². The van der Waals surface area contributed by atoms with Crippen LogP contribution in [0.5, 0.6) is 5.75 Å². The van der Waals surface area contributed by atoms with E-state index in [-0.39, 0.29) is 24.4 Å². The Hall–Kier alpha value is -0.680. The van der Waals surface area contributed by atoms with Crippen LogP contribution in [-0.2, 0) is 4.79 Å². The maximum Gasteiger partial charge on any atom is 0.263 e. The molecule has 0 saturated carbocycles. The van der Waals surface area contributed by atoms with Crippen molar-refractivity contribution in [3.63, 3.8) is 0 Å². The van der Waals surface area contributed by atoms with E-state index in [0.717, 1.165) is 13.1 Å². The SMILES string of the molecule is CC(Oc1ccc(Cl)cc1Cl)C(=O)N1CCNCC1C.Cl. The second-order valence-corrected chi connectivity index (χ2v) is 5.76. The van der Waals surface area contributed by atoms with Crippen molar-refractivity contribution in [1.29, 1.82) is 0 Å². The van der Waals surface area contributed by atoms with Crippen molar-refractivity contribution >= 4 is 41.5 Å². The molecule has 0 bridgehead atoms. The lowest BCUT2D eigenvalue weighted by Crippen LogP contribution is -2.55. The van der Waals surface area contributed by atoms with Crippen molar-refractivity contribution in [3.05, 3.63) is 28.2 Å². The Balaban J connectivity index is 0.00000220. The fraction of sp³-hybridized carbons (Fsp3) is 0.500. The van der Waals surface area contributed by atoms with Crippen molar-refractivity contribution in [1.82, 2.24) is 10.2 Å². The van der Waals surface area contributed by atoms with E-state index >= 15 is 0 Å². The monoisotopic (exact) mass is 352 g/mol. The molecule has 4 nitrogen and oxygen atoms in total. The topological polar surface area (TPSA) is 41.6 Å². The minimum atomic E-state index is -0.575. The lowest BCUT2D eigenvalue weighted by Gasteiger charge is -2.35. The molecule has 0 spiro atoms. The predicted octanol–water partition coefficient (Wildman–Crippen LogP) is 3.00. The van der Waals surface area contributed by atoms with Gasteiger partial charge in [-0.1, -0.05) is 23.2 Å². The van der Waals surface area contributed by atoms with Gasteiger partial charge in [0.25, 0.3) is 5.91 Å². The minimum Gasteiger partial charge on any atom is -0.479 e. The molecule has 1 saturated heterocycles. The van der Waals surface area contributed by atoms with E-state index in [1.807, 2.05) is 11.8 Å². The van der Waals surface area contributed by atoms with E-state index in [9.17, 15) is 4.79 Å². The molecule has 118 valence electrons. The number of benzene rings is 1. The lowest BCUT2D eigenvalue weighted by atomic mass is 10.2. The Morgan fingerprint density at radius 1 is 1.48 bits per heavy atom. The molecule has 0 aliphatic carbocycles. The first-order chi connectivity index (χ1) is 9.49. The Labute approximate surface area is 141 Å². The fourth-order valence-corrected chi connectivity index (χ4v) is 2.67. The van der Waals surface area contributed by atoms with Crippen LogP contribution in [0.3, 0.4) is 0 Å². The summed E-state index contributed by atoms with van der Waals surface area (Å²) in [4.78, 5) is 14.2. The Morgan fingerprint density at radius 2 is 2.19 bits per heavy atom. The highest BCUT2D eigenvalue weighted by Gasteiger charge is 2.28. The van der Waals surface area contributed by atoms with Crippen LogP contribution in [0.2, 0.25) is 10.0 Å². The van der Waals surface area contributed by atoms with Crippen LogP contribution in [0.1, 0.15) is 13.8 Å². The number of hydrogen-bond acceptors (Lipinski definition) is 3. The van der Waals surface area contributed by atoms with Crippen LogP contribution in [-0.4, -0.2) is 42.6 Å². The largest absolute Gasteiger partial charge is 0.479 e. The number of rotatable bonds is 3. The zero-order valence-electron chi connectivity index (χ0n) is 11.9. The van der Waals surface area contributed by atoms with Crippen molar-refractivity contribution in [2.24, 2.45) is 0 Å². The van der Waals surface area contributed by atoms with Crippen molar-refractivity contribution in [2.75, 3.05) is 19.6 Å². The molecule has 1 amide bonds. The van der Waals surface area contributed by atoms with Gasteiger partial charge in [0.15, 0.2) is 6.10 Å². The Bertz CT molecular complexity index is 499. The molecular weight excluding hydrogens is 335 g/mol. The van der Waals surface area contributed by atoms with E-state index in [1.165, 1.54) is 0 Å². The average molecular weight is 354 g/mol. The summed E-state index contributed by atoms with van der Waals surface area (Å²) in [6.07, 6.45) is -0.575. The summed E-state index contributed by atoms with van der Waals surface area (Å²) in [6, 6.07) is 5.13. The highest BCUT2D eigenvalue weighted by molar-refractivity contribution is 6.35. The quantitative estimate of drug-likeness (QED) is 0.908. The van der Waals surface area contributed by atoms with Crippen LogP contribution >= 0.6 is 35.6 Å². The molecule has 1 aliphatic heterocycles. The third kappa shape index (κ3) is 4.65. The zero-order valence-corrected chi connectivity index (χ0v) is 14.3. The van der Waals surface area contributed by atoms with E-state index in [4.69, 9.17) is 27.9 Å². The van der Waals surface area contributed by atoms with E-state index < -0.39 is 6.10 Å². The van der Waals surface area contributed by atoms with Crippen molar-refractivity contribution in [2.45, 2.75) is 26.0 Å². The molecule has 2 rings (SSSR count). The van der Waals surface area contributed by atoms with Crippen molar-refractivity contribution < 1.29 is 9.53 Å². The second kappa shape index (κ2) is 8.08. The van der Waals surface area contributed by atoms with Gasteiger partial charge < -0.3 is 15.0 Å².